The number of quaternary nitrogens is 1. The van der Waals surface area contributed by atoms with Gasteiger partial charge in [-0.25, -0.2) is 0 Å². The molecule has 28 heavy (non-hydrogen) atoms. The summed E-state index contributed by atoms with van der Waals surface area (Å²) in [4.78, 5) is 39.3. The van der Waals surface area contributed by atoms with Crippen LogP contribution < -0.4 is 10.2 Å². The van der Waals surface area contributed by atoms with Gasteiger partial charge in [-0.3, -0.25) is 14.4 Å². The number of amides is 1. The van der Waals surface area contributed by atoms with Crippen LogP contribution in [0.4, 0.5) is 5.69 Å². The van der Waals surface area contributed by atoms with Crippen LogP contribution in [-0.4, -0.2) is 31.1 Å². The zero-order valence-corrected chi connectivity index (χ0v) is 16.1. The monoisotopic (exact) mass is 391 g/mol. The zero-order chi connectivity index (χ0) is 19.7. The maximum absolute atomic E-state index is 13.0. The second-order valence-electron chi connectivity index (χ2n) is 6.92. The Labute approximate surface area is 166 Å². The topological polar surface area (TPSA) is 67.7 Å². The molecule has 0 saturated carbocycles. The highest BCUT2D eigenvalue weighted by molar-refractivity contribution is 7.07. The summed E-state index contributed by atoms with van der Waals surface area (Å²) >= 11 is 1.63. The number of likely N-dealkylation sites (N-methyl/N-ethyl adjacent to an activating group) is 1. The van der Waals surface area contributed by atoms with Crippen LogP contribution >= 0.6 is 11.3 Å². The molecule has 3 aromatic rings. The molecule has 1 heterocycles. The molecule has 1 aliphatic rings. The number of nitrogens with one attached hydrogen (secondary N) is 2. The Kier molecular flexibility index (Phi) is 4.90. The number of rotatable bonds is 5. The molecule has 0 radical (unpaired) electrons. The summed E-state index contributed by atoms with van der Waals surface area (Å²) in [6.07, 6.45) is 0. The summed E-state index contributed by atoms with van der Waals surface area (Å²) in [5, 5.41) is 6.91. The van der Waals surface area contributed by atoms with Crippen molar-refractivity contribution in [3.05, 3.63) is 87.1 Å². The first-order valence-electron chi connectivity index (χ1n) is 8.98. The first-order chi connectivity index (χ1) is 13.5. The molecule has 4 rings (SSSR count). The molecule has 1 atom stereocenters. The lowest BCUT2D eigenvalue weighted by atomic mass is 9.83. The fourth-order valence-electron chi connectivity index (χ4n) is 3.52. The van der Waals surface area contributed by atoms with E-state index in [0.717, 1.165) is 11.4 Å². The van der Waals surface area contributed by atoms with E-state index >= 15 is 0 Å². The van der Waals surface area contributed by atoms with Crippen LogP contribution in [-0.2, 0) is 11.3 Å². The SMILES string of the molecule is C[NH+](CC(=O)Nc1cccc2c1C(=O)c1ccccc1C2=O)Cc1ccsc1. The number of benzene rings is 2. The molecule has 1 unspecified atom stereocenters. The van der Waals surface area contributed by atoms with E-state index in [1.165, 1.54) is 5.56 Å². The lowest BCUT2D eigenvalue weighted by molar-refractivity contribution is -0.885. The first-order valence-corrected chi connectivity index (χ1v) is 9.92. The first kappa shape index (κ1) is 18.3. The van der Waals surface area contributed by atoms with Crippen LogP contribution in [0.1, 0.15) is 37.4 Å². The Morgan fingerprint density at radius 1 is 0.964 bits per heavy atom. The Hall–Kier alpha value is -3.09. The molecule has 0 fully saturated rings. The van der Waals surface area contributed by atoms with Crippen LogP contribution in [0.2, 0.25) is 0 Å². The van der Waals surface area contributed by atoms with Crippen molar-refractivity contribution in [1.29, 1.82) is 0 Å². The highest BCUT2D eigenvalue weighted by Gasteiger charge is 2.31. The zero-order valence-electron chi connectivity index (χ0n) is 15.3. The van der Waals surface area contributed by atoms with Gasteiger partial charge >= 0.3 is 0 Å². The molecule has 0 spiro atoms. The van der Waals surface area contributed by atoms with Crippen molar-refractivity contribution in [2.45, 2.75) is 6.54 Å². The molecule has 0 saturated heterocycles. The minimum atomic E-state index is -0.236. The highest BCUT2D eigenvalue weighted by Crippen LogP contribution is 2.31. The average molecular weight is 391 g/mol. The Morgan fingerprint density at radius 2 is 1.68 bits per heavy atom. The summed E-state index contributed by atoms with van der Waals surface area (Å²) in [5.41, 5.74) is 2.96. The van der Waals surface area contributed by atoms with Crippen LogP contribution in [0, 0.1) is 0 Å². The van der Waals surface area contributed by atoms with Crippen molar-refractivity contribution < 1.29 is 19.3 Å². The van der Waals surface area contributed by atoms with Crippen LogP contribution in [0.5, 0.6) is 0 Å². The third kappa shape index (κ3) is 3.40. The molecule has 1 aromatic heterocycles. The van der Waals surface area contributed by atoms with Crippen LogP contribution in [0.15, 0.2) is 59.3 Å². The highest BCUT2D eigenvalue weighted by atomic mass is 32.1. The molecular weight excluding hydrogens is 372 g/mol. The number of carbonyl (C=O) groups excluding carboxylic acids is 3. The van der Waals surface area contributed by atoms with Crippen molar-refractivity contribution in [3.8, 4) is 0 Å². The molecule has 2 N–H and O–H groups in total. The molecular formula is C22H19N2O3S+. The van der Waals surface area contributed by atoms with Crippen molar-refractivity contribution in [1.82, 2.24) is 0 Å². The molecule has 6 heteroatoms. The van der Waals surface area contributed by atoms with Gasteiger partial charge in [-0.15, -0.1) is 0 Å². The molecule has 1 amide bonds. The summed E-state index contributed by atoms with van der Waals surface area (Å²) in [6, 6.07) is 13.8. The van der Waals surface area contributed by atoms with Crippen LogP contribution in [0.25, 0.3) is 0 Å². The number of hydrogen-bond acceptors (Lipinski definition) is 4. The van der Waals surface area contributed by atoms with Gasteiger partial charge in [-0.1, -0.05) is 36.4 Å². The third-order valence-corrected chi connectivity index (χ3v) is 5.51. The summed E-state index contributed by atoms with van der Waals surface area (Å²) in [5.74, 6) is -0.623. The number of fused-ring (bicyclic) bond motifs is 2. The summed E-state index contributed by atoms with van der Waals surface area (Å²) < 4.78 is 0. The number of anilines is 1. The number of thiophene rings is 1. The molecule has 0 bridgehead atoms. The van der Waals surface area contributed by atoms with E-state index in [2.05, 4.69) is 10.7 Å². The summed E-state index contributed by atoms with van der Waals surface area (Å²) in [7, 11) is 1.95. The van der Waals surface area contributed by atoms with E-state index in [1.54, 1.807) is 53.8 Å². The summed E-state index contributed by atoms with van der Waals surface area (Å²) in [6.45, 7) is 1.01. The third-order valence-electron chi connectivity index (χ3n) is 4.77. The predicted molar refractivity (Wildman–Crippen MR) is 108 cm³/mol. The Balaban J connectivity index is 1.56. The van der Waals surface area contributed by atoms with Gasteiger partial charge in [0.1, 0.15) is 6.54 Å². The Bertz CT molecular complexity index is 1070. The van der Waals surface area contributed by atoms with Gasteiger partial charge in [-0.05, 0) is 22.9 Å². The molecule has 5 nitrogen and oxygen atoms in total. The number of carbonyl (C=O) groups is 3. The van der Waals surface area contributed by atoms with Gasteiger partial charge < -0.3 is 10.2 Å². The minimum Gasteiger partial charge on any atom is -0.326 e. The van der Waals surface area contributed by atoms with E-state index in [0.29, 0.717) is 22.4 Å². The molecule has 0 aliphatic heterocycles. The normalized spacial score (nSPS) is 13.6. The molecule has 2 aromatic carbocycles. The van der Waals surface area contributed by atoms with E-state index in [1.807, 2.05) is 18.5 Å². The van der Waals surface area contributed by atoms with Gasteiger partial charge in [0.25, 0.3) is 5.91 Å². The van der Waals surface area contributed by atoms with Crippen molar-refractivity contribution in [3.63, 3.8) is 0 Å². The van der Waals surface area contributed by atoms with Gasteiger partial charge in [-0.2, -0.15) is 11.3 Å². The fourth-order valence-corrected chi connectivity index (χ4v) is 4.19. The largest absolute Gasteiger partial charge is 0.326 e. The maximum atomic E-state index is 13.0. The van der Waals surface area contributed by atoms with Crippen molar-refractivity contribution in [2.24, 2.45) is 0 Å². The molecule has 140 valence electrons. The molecule has 1 aliphatic carbocycles. The Morgan fingerprint density at radius 3 is 2.39 bits per heavy atom. The van der Waals surface area contributed by atoms with Gasteiger partial charge in [0.2, 0.25) is 0 Å². The number of hydrogen-bond donors (Lipinski definition) is 2. The lowest BCUT2D eigenvalue weighted by Gasteiger charge is -2.20. The van der Waals surface area contributed by atoms with Crippen molar-refractivity contribution in [2.75, 3.05) is 18.9 Å². The second kappa shape index (κ2) is 7.50. The van der Waals surface area contributed by atoms with Gasteiger partial charge in [0.15, 0.2) is 18.1 Å². The van der Waals surface area contributed by atoms with E-state index in [9.17, 15) is 14.4 Å². The minimum absolute atomic E-state index is 0.193. The van der Waals surface area contributed by atoms with E-state index < -0.39 is 0 Å². The standard InChI is InChI=1S/C22H18N2O3S/c1-24(11-14-9-10-28-13-14)12-19(25)23-18-8-4-7-17-20(18)22(27)16-6-3-2-5-15(16)21(17)26/h2-10,13H,11-12H2,1H3,(H,23,25)/p+1. The maximum Gasteiger partial charge on any atom is 0.279 e. The lowest BCUT2D eigenvalue weighted by Crippen LogP contribution is -3.08. The quantitative estimate of drug-likeness (QED) is 0.548. The van der Waals surface area contributed by atoms with Crippen molar-refractivity contribution >= 4 is 34.5 Å². The van der Waals surface area contributed by atoms with Crippen LogP contribution in [0.3, 0.4) is 0 Å². The van der Waals surface area contributed by atoms with E-state index in [4.69, 9.17) is 0 Å². The van der Waals surface area contributed by atoms with Gasteiger partial charge in [0, 0.05) is 22.3 Å². The van der Waals surface area contributed by atoms with Gasteiger partial charge in [0.05, 0.1) is 18.3 Å². The smallest absolute Gasteiger partial charge is 0.279 e. The van der Waals surface area contributed by atoms with E-state index in [-0.39, 0.29) is 29.6 Å². The predicted octanol–water partition coefficient (Wildman–Crippen LogP) is 2.18. The second-order valence-corrected chi connectivity index (χ2v) is 7.70. The number of ketones is 2. The average Bonchev–Trinajstić information content (AvgIpc) is 3.18. The fraction of sp³-hybridized carbons (Fsp3) is 0.136.